The quantitative estimate of drug-likeness (QED) is 0.785. The van der Waals surface area contributed by atoms with Crippen LogP contribution < -0.4 is 4.74 Å². The van der Waals surface area contributed by atoms with E-state index in [1.165, 1.54) is 18.2 Å². The number of aryl methyl sites for hydroxylation is 1. The van der Waals surface area contributed by atoms with Crippen LogP contribution in [0.5, 0.6) is 11.6 Å². The normalized spacial score (nSPS) is 10.6. The Bertz CT molecular complexity index is 608. The van der Waals surface area contributed by atoms with Crippen molar-refractivity contribution in [1.82, 2.24) is 9.97 Å². The van der Waals surface area contributed by atoms with Crippen LogP contribution >= 0.6 is 11.6 Å². The highest BCUT2D eigenvalue weighted by Gasteiger charge is 2.07. The standard InChI is InChI=1S/C14H14ClFN2O2/c1-3-19-8-13-17-12(15)7-14(18-13)20-10-4-5-11(16)9(2)6-10/h4-7H,3,8H2,1-2H3. The van der Waals surface area contributed by atoms with Gasteiger partial charge in [-0.25, -0.2) is 9.37 Å². The van der Waals surface area contributed by atoms with E-state index in [1.54, 1.807) is 13.0 Å². The van der Waals surface area contributed by atoms with E-state index in [4.69, 9.17) is 21.1 Å². The van der Waals surface area contributed by atoms with Gasteiger partial charge in [-0.2, -0.15) is 4.98 Å². The molecule has 2 rings (SSSR count). The topological polar surface area (TPSA) is 44.2 Å². The van der Waals surface area contributed by atoms with Crippen molar-refractivity contribution in [3.63, 3.8) is 0 Å². The molecule has 0 aliphatic carbocycles. The van der Waals surface area contributed by atoms with Crippen molar-refractivity contribution < 1.29 is 13.9 Å². The Morgan fingerprint density at radius 1 is 1.25 bits per heavy atom. The van der Waals surface area contributed by atoms with Gasteiger partial charge in [0.2, 0.25) is 5.88 Å². The molecule has 0 bridgehead atoms. The monoisotopic (exact) mass is 296 g/mol. The highest BCUT2D eigenvalue weighted by molar-refractivity contribution is 6.29. The van der Waals surface area contributed by atoms with Gasteiger partial charge in [-0.15, -0.1) is 0 Å². The second-order valence-corrected chi connectivity index (χ2v) is 4.48. The van der Waals surface area contributed by atoms with Gasteiger partial charge in [0.05, 0.1) is 0 Å². The summed E-state index contributed by atoms with van der Waals surface area (Å²) in [7, 11) is 0. The largest absolute Gasteiger partial charge is 0.439 e. The van der Waals surface area contributed by atoms with Crippen LogP contribution in [0.4, 0.5) is 4.39 Å². The van der Waals surface area contributed by atoms with E-state index in [2.05, 4.69) is 9.97 Å². The molecule has 1 heterocycles. The number of rotatable bonds is 5. The van der Waals surface area contributed by atoms with Crippen LogP contribution in [0.25, 0.3) is 0 Å². The zero-order valence-electron chi connectivity index (χ0n) is 11.2. The molecular formula is C14H14ClFN2O2. The minimum Gasteiger partial charge on any atom is -0.439 e. The van der Waals surface area contributed by atoms with Crippen molar-refractivity contribution in [3.8, 4) is 11.6 Å². The Labute approximate surface area is 121 Å². The summed E-state index contributed by atoms with van der Waals surface area (Å²) < 4.78 is 24.0. The average molecular weight is 297 g/mol. The number of nitrogens with zero attached hydrogens (tertiary/aromatic N) is 2. The van der Waals surface area contributed by atoms with Gasteiger partial charge >= 0.3 is 0 Å². The highest BCUT2D eigenvalue weighted by Crippen LogP contribution is 2.23. The number of hydrogen-bond acceptors (Lipinski definition) is 4. The lowest BCUT2D eigenvalue weighted by molar-refractivity contribution is 0.128. The van der Waals surface area contributed by atoms with E-state index in [9.17, 15) is 4.39 Å². The third-order valence-electron chi connectivity index (χ3n) is 2.50. The van der Waals surface area contributed by atoms with Crippen molar-refractivity contribution in [1.29, 1.82) is 0 Å². The first kappa shape index (κ1) is 14.7. The van der Waals surface area contributed by atoms with Crippen LogP contribution in [-0.2, 0) is 11.3 Å². The number of ether oxygens (including phenoxy) is 2. The van der Waals surface area contributed by atoms with Gasteiger partial charge in [0.15, 0.2) is 5.82 Å². The van der Waals surface area contributed by atoms with Crippen LogP contribution in [0.15, 0.2) is 24.3 Å². The summed E-state index contributed by atoms with van der Waals surface area (Å²) in [6, 6.07) is 5.96. The molecule has 20 heavy (non-hydrogen) atoms. The Morgan fingerprint density at radius 2 is 2.05 bits per heavy atom. The molecule has 0 saturated carbocycles. The zero-order chi connectivity index (χ0) is 14.5. The van der Waals surface area contributed by atoms with Gasteiger partial charge in [-0.1, -0.05) is 11.6 Å². The molecule has 4 nitrogen and oxygen atoms in total. The van der Waals surface area contributed by atoms with E-state index >= 15 is 0 Å². The first-order valence-corrected chi connectivity index (χ1v) is 6.51. The Hall–Kier alpha value is -1.72. The smallest absolute Gasteiger partial charge is 0.224 e. The van der Waals surface area contributed by atoms with E-state index < -0.39 is 0 Å². The molecule has 0 spiro atoms. The molecule has 0 atom stereocenters. The van der Waals surface area contributed by atoms with Crippen molar-refractivity contribution >= 4 is 11.6 Å². The van der Waals surface area contributed by atoms with Crippen LogP contribution in [0, 0.1) is 12.7 Å². The maximum absolute atomic E-state index is 13.2. The fourth-order valence-electron chi connectivity index (χ4n) is 1.55. The molecule has 106 valence electrons. The van der Waals surface area contributed by atoms with Crippen LogP contribution in [0.3, 0.4) is 0 Å². The number of hydrogen-bond donors (Lipinski definition) is 0. The molecular weight excluding hydrogens is 283 g/mol. The first-order chi connectivity index (χ1) is 9.58. The Kier molecular flexibility index (Phi) is 4.87. The molecule has 0 N–H and O–H groups in total. The van der Waals surface area contributed by atoms with Crippen LogP contribution in [0.1, 0.15) is 18.3 Å². The van der Waals surface area contributed by atoms with E-state index in [0.29, 0.717) is 29.6 Å². The predicted molar refractivity (Wildman–Crippen MR) is 73.6 cm³/mol. The molecule has 6 heteroatoms. The van der Waals surface area contributed by atoms with E-state index in [-0.39, 0.29) is 17.6 Å². The predicted octanol–water partition coefficient (Wildman–Crippen LogP) is 3.91. The molecule has 2 aromatic rings. The summed E-state index contributed by atoms with van der Waals surface area (Å²) in [5.74, 6) is 0.940. The van der Waals surface area contributed by atoms with Crippen molar-refractivity contribution in [3.05, 3.63) is 46.6 Å². The van der Waals surface area contributed by atoms with E-state index in [0.717, 1.165) is 0 Å². The SMILES string of the molecule is CCOCc1nc(Cl)cc(Oc2ccc(F)c(C)c2)n1. The van der Waals surface area contributed by atoms with Crippen LogP contribution in [0.2, 0.25) is 5.15 Å². The van der Waals surface area contributed by atoms with Crippen molar-refractivity contribution in [2.24, 2.45) is 0 Å². The molecule has 0 aliphatic heterocycles. The molecule has 0 unspecified atom stereocenters. The highest BCUT2D eigenvalue weighted by atomic mass is 35.5. The van der Waals surface area contributed by atoms with Crippen LogP contribution in [-0.4, -0.2) is 16.6 Å². The number of halogens is 2. The maximum atomic E-state index is 13.2. The van der Waals surface area contributed by atoms with Crippen molar-refractivity contribution in [2.45, 2.75) is 20.5 Å². The van der Waals surface area contributed by atoms with Gasteiger partial charge < -0.3 is 9.47 Å². The summed E-state index contributed by atoms with van der Waals surface area (Å²) in [6.45, 7) is 4.36. The lowest BCUT2D eigenvalue weighted by Gasteiger charge is -2.08. The summed E-state index contributed by atoms with van der Waals surface area (Å²) in [6.07, 6.45) is 0. The molecule has 0 fully saturated rings. The average Bonchev–Trinajstić information content (AvgIpc) is 2.40. The first-order valence-electron chi connectivity index (χ1n) is 6.13. The molecule has 1 aromatic carbocycles. The van der Waals surface area contributed by atoms with Gasteiger partial charge in [0.25, 0.3) is 0 Å². The van der Waals surface area contributed by atoms with E-state index in [1.807, 2.05) is 6.92 Å². The number of aromatic nitrogens is 2. The lowest BCUT2D eigenvalue weighted by atomic mass is 10.2. The van der Waals surface area contributed by atoms with Crippen molar-refractivity contribution in [2.75, 3.05) is 6.61 Å². The van der Waals surface area contributed by atoms with Gasteiger partial charge in [-0.3, -0.25) is 0 Å². The summed E-state index contributed by atoms with van der Waals surface area (Å²) in [5, 5.41) is 0.267. The third kappa shape index (κ3) is 3.88. The van der Waals surface area contributed by atoms with Gasteiger partial charge in [0, 0.05) is 12.7 Å². The molecule has 0 saturated heterocycles. The molecule has 0 amide bonds. The lowest BCUT2D eigenvalue weighted by Crippen LogP contribution is -2.01. The molecule has 0 radical (unpaired) electrons. The summed E-state index contributed by atoms with van der Waals surface area (Å²) >= 11 is 5.90. The molecule has 0 aliphatic rings. The minimum atomic E-state index is -0.282. The fraction of sp³-hybridized carbons (Fsp3) is 0.286. The second kappa shape index (κ2) is 6.63. The zero-order valence-corrected chi connectivity index (χ0v) is 11.9. The fourth-order valence-corrected chi connectivity index (χ4v) is 1.74. The molecule has 1 aromatic heterocycles. The Morgan fingerprint density at radius 3 is 2.75 bits per heavy atom. The Balaban J connectivity index is 2.19. The van der Waals surface area contributed by atoms with Gasteiger partial charge in [0.1, 0.15) is 23.3 Å². The second-order valence-electron chi connectivity index (χ2n) is 4.10. The number of benzene rings is 1. The summed E-state index contributed by atoms with van der Waals surface area (Å²) in [5.41, 5.74) is 0.497. The minimum absolute atomic E-state index is 0.260. The third-order valence-corrected chi connectivity index (χ3v) is 2.70. The summed E-state index contributed by atoms with van der Waals surface area (Å²) in [4.78, 5) is 8.22. The maximum Gasteiger partial charge on any atom is 0.224 e. The van der Waals surface area contributed by atoms with Gasteiger partial charge in [-0.05, 0) is 37.6 Å².